The molecule has 1 fully saturated rings. The van der Waals surface area contributed by atoms with Gasteiger partial charge in [-0.25, -0.2) is 0 Å². The molecule has 0 radical (unpaired) electrons. The Hall–Kier alpha value is -1.46. The van der Waals surface area contributed by atoms with Crippen molar-refractivity contribution in [1.82, 2.24) is 4.90 Å². The zero-order valence-corrected chi connectivity index (χ0v) is 12.9. The lowest BCUT2D eigenvalue weighted by Crippen LogP contribution is -2.36. The lowest BCUT2D eigenvalue weighted by atomic mass is 9.98. The smallest absolute Gasteiger partial charge is 0.273 e. The van der Waals surface area contributed by atoms with Crippen LogP contribution in [0.5, 0.6) is 0 Å². The molecule has 0 aliphatic carbocycles. The van der Waals surface area contributed by atoms with Crippen LogP contribution in [-0.4, -0.2) is 42.7 Å². The van der Waals surface area contributed by atoms with Gasteiger partial charge >= 0.3 is 0 Å². The molecule has 1 aromatic carbocycles. The van der Waals surface area contributed by atoms with Crippen molar-refractivity contribution in [2.24, 2.45) is 0 Å². The highest BCUT2D eigenvalue weighted by atomic mass is 16.6. The summed E-state index contributed by atoms with van der Waals surface area (Å²) in [6, 6.07) is 5.68. The molecule has 0 amide bonds. The summed E-state index contributed by atoms with van der Waals surface area (Å²) in [5.41, 5.74) is 2.13. The fourth-order valence-electron chi connectivity index (χ4n) is 2.72. The SMILES string of the molecule is CC(C)c1ccc(CCCN2CCOCC2)cc1[N+](=O)[O-]. The number of benzene rings is 1. The highest BCUT2D eigenvalue weighted by molar-refractivity contribution is 5.45. The number of hydrogen-bond donors (Lipinski definition) is 0. The third-order valence-electron chi connectivity index (χ3n) is 3.96. The van der Waals surface area contributed by atoms with Crippen LogP contribution in [0, 0.1) is 10.1 Å². The zero-order valence-electron chi connectivity index (χ0n) is 12.9. The molecule has 0 spiro atoms. The van der Waals surface area contributed by atoms with Crippen LogP contribution in [0.4, 0.5) is 5.69 Å². The maximum atomic E-state index is 11.2. The van der Waals surface area contributed by atoms with E-state index in [0.717, 1.165) is 56.8 Å². The van der Waals surface area contributed by atoms with Crippen molar-refractivity contribution in [2.75, 3.05) is 32.8 Å². The number of ether oxygens (including phenoxy) is 1. The maximum Gasteiger partial charge on any atom is 0.273 e. The van der Waals surface area contributed by atoms with Crippen LogP contribution >= 0.6 is 0 Å². The Kier molecular flexibility index (Phi) is 5.70. The second kappa shape index (κ2) is 7.52. The molecule has 1 aliphatic rings. The van der Waals surface area contributed by atoms with E-state index in [4.69, 9.17) is 4.74 Å². The third-order valence-corrected chi connectivity index (χ3v) is 3.96. The first-order chi connectivity index (χ1) is 10.1. The molecule has 1 saturated heterocycles. The predicted molar refractivity (Wildman–Crippen MR) is 82.8 cm³/mol. The van der Waals surface area contributed by atoms with Crippen LogP contribution in [0.15, 0.2) is 18.2 Å². The van der Waals surface area contributed by atoms with E-state index in [1.54, 1.807) is 6.07 Å². The Labute approximate surface area is 126 Å². The van der Waals surface area contributed by atoms with E-state index in [9.17, 15) is 10.1 Å². The Balaban J connectivity index is 1.93. The van der Waals surface area contributed by atoms with Crippen molar-refractivity contribution in [3.63, 3.8) is 0 Å². The van der Waals surface area contributed by atoms with Gasteiger partial charge in [0.1, 0.15) is 0 Å². The Bertz CT molecular complexity index is 482. The molecule has 1 heterocycles. The average molecular weight is 292 g/mol. The molecule has 0 N–H and O–H groups in total. The van der Waals surface area contributed by atoms with Gasteiger partial charge in [-0.3, -0.25) is 15.0 Å². The topological polar surface area (TPSA) is 55.6 Å². The highest BCUT2D eigenvalue weighted by Gasteiger charge is 2.17. The van der Waals surface area contributed by atoms with Crippen LogP contribution in [0.25, 0.3) is 0 Å². The van der Waals surface area contributed by atoms with E-state index < -0.39 is 0 Å². The van der Waals surface area contributed by atoms with Gasteiger partial charge in [-0.15, -0.1) is 0 Å². The van der Waals surface area contributed by atoms with E-state index in [0.29, 0.717) is 0 Å². The van der Waals surface area contributed by atoms with E-state index in [-0.39, 0.29) is 16.5 Å². The summed E-state index contributed by atoms with van der Waals surface area (Å²) in [5.74, 6) is 0.174. The summed E-state index contributed by atoms with van der Waals surface area (Å²) in [6.45, 7) is 8.62. The molecular formula is C16H24N2O3. The fraction of sp³-hybridized carbons (Fsp3) is 0.625. The Morgan fingerprint density at radius 2 is 2.05 bits per heavy atom. The molecule has 1 aromatic rings. The van der Waals surface area contributed by atoms with Crippen molar-refractivity contribution in [2.45, 2.75) is 32.6 Å². The summed E-state index contributed by atoms with van der Waals surface area (Å²) < 4.78 is 5.33. The molecule has 0 aromatic heterocycles. The highest BCUT2D eigenvalue weighted by Crippen LogP contribution is 2.27. The molecule has 21 heavy (non-hydrogen) atoms. The van der Waals surface area contributed by atoms with Crippen molar-refractivity contribution < 1.29 is 9.66 Å². The van der Waals surface area contributed by atoms with E-state index in [1.165, 1.54) is 0 Å². The molecule has 5 nitrogen and oxygen atoms in total. The first kappa shape index (κ1) is 15.9. The van der Waals surface area contributed by atoms with Crippen molar-refractivity contribution in [3.05, 3.63) is 39.4 Å². The van der Waals surface area contributed by atoms with E-state index >= 15 is 0 Å². The first-order valence-electron chi connectivity index (χ1n) is 7.65. The molecule has 5 heteroatoms. The first-order valence-corrected chi connectivity index (χ1v) is 7.65. The molecule has 0 bridgehead atoms. The van der Waals surface area contributed by atoms with Crippen molar-refractivity contribution >= 4 is 5.69 Å². The summed E-state index contributed by atoms with van der Waals surface area (Å²) >= 11 is 0. The summed E-state index contributed by atoms with van der Waals surface area (Å²) in [5, 5.41) is 11.2. The third kappa shape index (κ3) is 4.51. The summed E-state index contributed by atoms with van der Waals surface area (Å²) in [6.07, 6.45) is 1.91. The Morgan fingerprint density at radius 1 is 1.33 bits per heavy atom. The largest absolute Gasteiger partial charge is 0.379 e. The zero-order chi connectivity index (χ0) is 15.2. The second-order valence-corrected chi connectivity index (χ2v) is 5.86. The molecule has 2 rings (SSSR count). The molecule has 0 unspecified atom stereocenters. The van der Waals surface area contributed by atoms with Gasteiger partial charge in [0, 0.05) is 24.7 Å². The van der Waals surface area contributed by atoms with Crippen molar-refractivity contribution in [1.29, 1.82) is 0 Å². The Morgan fingerprint density at radius 3 is 2.67 bits per heavy atom. The lowest BCUT2D eigenvalue weighted by Gasteiger charge is -2.26. The lowest BCUT2D eigenvalue weighted by molar-refractivity contribution is -0.385. The van der Waals surface area contributed by atoms with Gasteiger partial charge in [0.15, 0.2) is 0 Å². The molecule has 116 valence electrons. The molecule has 0 atom stereocenters. The van der Waals surface area contributed by atoms with Gasteiger partial charge in [0.2, 0.25) is 0 Å². The van der Waals surface area contributed by atoms with Gasteiger partial charge in [0.05, 0.1) is 18.1 Å². The minimum atomic E-state index is -0.263. The number of hydrogen-bond acceptors (Lipinski definition) is 4. The predicted octanol–water partition coefficient (Wildman–Crippen LogP) is 2.98. The molecule has 1 aliphatic heterocycles. The summed E-state index contributed by atoms with van der Waals surface area (Å²) in [4.78, 5) is 13.3. The minimum Gasteiger partial charge on any atom is -0.379 e. The average Bonchev–Trinajstić information content (AvgIpc) is 2.48. The standard InChI is InChI=1S/C16H24N2O3/c1-13(2)15-6-5-14(12-16(15)18(19)20)4-3-7-17-8-10-21-11-9-17/h5-6,12-13H,3-4,7-11H2,1-2H3. The van der Waals surface area contributed by atoms with Gasteiger partial charge < -0.3 is 4.74 Å². The van der Waals surface area contributed by atoms with Gasteiger partial charge in [-0.1, -0.05) is 26.0 Å². The fourth-order valence-corrected chi connectivity index (χ4v) is 2.72. The molecular weight excluding hydrogens is 268 g/mol. The number of nitrogens with zero attached hydrogens (tertiary/aromatic N) is 2. The monoisotopic (exact) mass is 292 g/mol. The van der Waals surface area contributed by atoms with Crippen LogP contribution < -0.4 is 0 Å². The van der Waals surface area contributed by atoms with Crippen LogP contribution in [0.1, 0.15) is 37.3 Å². The van der Waals surface area contributed by atoms with Crippen molar-refractivity contribution in [3.8, 4) is 0 Å². The van der Waals surface area contributed by atoms with Gasteiger partial charge in [0.25, 0.3) is 5.69 Å². The van der Waals surface area contributed by atoms with Crippen LogP contribution in [0.2, 0.25) is 0 Å². The molecule has 0 saturated carbocycles. The summed E-state index contributed by atoms with van der Waals surface area (Å²) in [7, 11) is 0. The maximum absolute atomic E-state index is 11.2. The second-order valence-electron chi connectivity index (χ2n) is 5.86. The number of nitro benzene ring substituents is 1. The van der Waals surface area contributed by atoms with E-state index in [1.807, 2.05) is 26.0 Å². The van der Waals surface area contributed by atoms with Crippen LogP contribution in [-0.2, 0) is 11.2 Å². The minimum absolute atomic E-state index is 0.174. The van der Waals surface area contributed by atoms with E-state index in [2.05, 4.69) is 4.90 Å². The number of aryl methyl sites for hydroxylation is 1. The number of rotatable bonds is 6. The van der Waals surface area contributed by atoms with Gasteiger partial charge in [-0.2, -0.15) is 0 Å². The van der Waals surface area contributed by atoms with Gasteiger partial charge in [-0.05, 0) is 30.9 Å². The quantitative estimate of drug-likeness (QED) is 0.597. The number of nitro groups is 1. The number of morpholine rings is 1. The normalized spacial score (nSPS) is 16.3. The van der Waals surface area contributed by atoms with Crippen LogP contribution in [0.3, 0.4) is 0 Å².